The number of ether oxygens (including phenoxy) is 2. The van der Waals surface area contributed by atoms with Crippen LogP contribution in [0.3, 0.4) is 0 Å². The molecule has 1 fully saturated rings. The second-order valence-corrected chi connectivity index (χ2v) is 7.42. The molecule has 1 aliphatic rings. The van der Waals surface area contributed by atoms with Gasteiger partial charge in [0.1, 0.15) is 0 Å². The van der Waals surface area contributed by atoms with Crippen LogP contribution in [0.2, 0.25) is 0 Å². The lowest BCUT2D eigenvalue weighted by Gasteiger charge is -2.32. The quantitative estimate of drug-likeness (QED) is 0.328. The minimum absolute atomic E-state index is 0.206. The molecule has 30 heavy (non-hydrogen) atoms. The SMILES string of the molecule is CCNC(=NCCCCOCCc1ccccc1)NC1CCN(C(=O)OCC)CC1. The molecule has 1 saturated heterocycles. The first-order chi connectivity index (χ1) is 14.7. The van der Waals surface area contributed by atoms with Crippen molar-refractivity contribution in [1.82, 2.24) is 15.5 Å². The summed E-state index contributed by atoms with van der Waals surface area (Å²) in [5, 5.41) is 6.82. The van der Waals surface area contributed by atoms with E-state index in [0.29, 0.717) is 12.6 Å². The zero-order chi connectivity index (χ0) is 21.4. The Balaban J connectivity index is 1.58. The van der Waals surface area contributed by atoms with Crippen LogP contribution in [0.15, 0.2) is 35.3 Å². The molecular formula is C23H38N4O3. The minimum Gasteiger partial charge on any atom is -0.450 e. The van der Waals surface area contributed by atoms with E-state index in [4.69, 9.17) is 14.5 Å². The highest BCUT2D eigenvalue weighted by Gasteiger charge is 2.23. The molecule has 7 heteroatoms. The van der Waals surface area contributed by atoms with Gasteiger partial charge in [-0.15, -0.1) is 0 Å². The first-order valence-corrected chi connectivity index (χ1v) is 11.3. The summed E-state index contributed by atoms with van der Waals surface area (Å²) in [6, 6.07) is 10.8. The van der Waals surface area contributed by atoms with Crippen molar-refractivity contribution < 1.29 is 14.3 Å². The lowest BCUT2D eigenvalue weighted by atomic mass is 10.1. The Bertz CT molecular complexity index is 616. The lowest BCUT2D eigenvalue weighted by molar-refractivity contribution is 0.0963. The molecule has 0 saturated carbocycles. The van der Waals surface area contributed by atoms with Crippen LogP contribution in [-0.2, 0) is 15.9 Å². The summed E-state index contributed by atoms with van der Waals surface area (Å²) >= 11 is 0. The molecule has 168 valence electrons. The highest BCUT2D eigenvalue weighted by atomic mass is 16.6. The summed E-state index contributed by atoms with van der Waals surface area (Å²) in [4.78, 5) is 18.3. The third-order valence-electron chi connectivity index (χ3n) is 5.05. The molecule has 0 aliphatic carbocycles. The molecule has 0 spiro atoms. The molecule has 1 aromatic rings. The molecule has 0 aromatic heterocycles. The van der Waals surface area contributed by atoms with Crippen LogP contribution in [0.1, 0.15) is 45.1 Å². The van der Waals surface area contributed by atoms with Gasteiger partial charge in [0.15, 0.2) is 5.96 Å². The fourth-order valence-electron chi connectivity index (χ4n) is 3.38. The first-order valence-electron chi connectivity index (χ1n) is 11.3. The number of aliphatic imine (C=N–C) groups is 1. The van der Waals surface area contributed by atoms with Crippen LogP contribution in [-0.4, -0.2) is 69.0 Å². The van der Waals surface area contributed by atoms with E-state index in [1.54, 1.807) is 4.90 Å². The highest BCUT2D eigenvalue weighted by molar-refractivity contribution is 5.80. The Morgan fingerprint density at radius 2 is 1.90 bits per heavy atom. The zero-order valence-electron chi connectivity index (χ0n) is 18.6. The number of carbonyl (C=O) groups is 1. The maximum absolute atomic E-state index is 11.8. The summed E-state index contributed by atoms with van der Waals surface area (Å²) in [6.07, 6.45) is 4.57. The van der Waals surface area contributed by atoms with Crippen molar-refractivity contribution in [3.05, 3.63) is 35.9 Å². The first kappa shape index (κ1) is 24.0. The maximum Gasteiger partial charge on any atom is 0.409 e. The van der Waals surface area contributed by atoms with Crippen LogP contribution in [0.4, 0.5) is 4.79 Å². The third-order valence-corrected chi connectivity index (χ3v) is 5.05. The van der Waals surface area contributed by atoms with Crippen LogP contribution in [0, 0.1) is 0 Å². The van der Waals surface area contributed by atoms with E-state index in [-0.39, 0.29) is 6.09 Å². The molecule has 1 aromatic carbocycles. The van der Waals surface area contributed by atoms with Gasteiger partial charge in [-0.1, -0.05) is 30.3 Å². The van der Waals surface area contributed by atoms with E-state index in [0.717, 1.165) is 77.5 Å². The number of amides is 1. The number of rotatable bonds is 11. The summed E-state index contributed by atoms with van der Waals surface area (Å²) in [5.41, 5.74) is 1.32. The second-order valence-electron chi connectivity index (χ2n) is 7.42. The molecule has 1 aliphatic heterocycles. The Morgan fingerprint density at radius 3 is 2.60 bits per heavy atom. The minimum atomic E-state index is -0.206. The number of nitrogens with zero attached hydrogens (tertiary/aromatic N) is 2. The number of benzene rings is 1. The van der Waals surface area contributed by atoms with Crippen molar-refractivity contribution in [3.8, 4) is 0 Å². The topological polar surface area (TPSA) is 75.2 Å². The average Bonchev–Trinajstić information content (AvgIpc) is 2.77. The van der Waals surface area contributed by atoms with E-state index in [9.17, 15) is 4.79 Å². The van der Waals surface area contributed by atoms with E-state index in [2.05, 4.69) is 41.8 Å². The molecule has 2 rings (SSSR count). The van der Waals surface area contributed by atoms with Gasteiger partial charge in [0.25, 0.3) is 0 Å². The monoisotopic (exact) mass is 418 g/mol. The summed E-state index contributed by atoms with van der Waals surface area (Å²) < 4.78 is 10.8. The molecule has 0 atom stereocenters. The van der Waals surface area contributed by atoms with Crippen molar-refractivity contribution in [1.29, 1.82) is 0 Å². The van der Waals surface area contributed by atoms with Gasteiger partial charge < -0.3 is 25.0 Å². The molecule has 0 bridgehead atoms. The Morgan fingerprint density at radius 1 is 1.13 bits per heavy atom. The van der Waals surface area contributed by atoms with Gasteiger partial charge in [-0.3, -0.25) is 4.99 Å². The normalized spacial score (nSPS) is 15.1. The van der Waals surface area contributed by atoms with E-state index >= 15 is 0 Å². The molecule has 0 unspecified atom stereocenters. The van der Waals surface area contributed by atoms with Crippen molar-refractivity contribution in [2.45, 2.75) is 52.0 Å². The molecule has 0 radical (unpaired) electrons. The predicted octanol–water partition coefficient (Wildman–Crippen LogP) is 3.20. The van der Waals surface area contributed by atoms with Crippen LogP contribution in [0.25, 0.3) is 0 Å². The average molecular weight is 419 g/mol. The van der Waals surface area contributed by atoms with E-state index in [1.807, 2.05) is 13.0 Å². The molecule has 7 nitrogen and oxygen atoms in total. The van der Waals surface area contributed by atoms with Gasteiger partial charge in [0.2, 0.25) is 0 Å². The number of guanidine groups is 1. The lowest BCUT2D eigenvalue weighted by Crippen LogP contribution is -2.49. The number of likely N-dealkylation sites (tertiary alicyclic amines) is 1. The van der Waals surface area contributed by atoms with Crippen LogP contribution >= 0.6 is 0 Å². The fraction of sp³-hybridized carbons (Fsp3) is 0.652. The standard InChI is InChI=1S/C23H38N4O3/c1-3-24-22(26-21-12-16-27(17-13-21)23(28)30-4-2)25-15-8-9-18-29-19-14-20-10-6-5-7-11-20/h5-7,10-11,21H,3-4,8-9,12-19H2,1-2H3,(H2,24,25,26). The fourth-order valence-corrected chi connectivity index (χ4v) is 3.38. The van der Waals surface area contributed by atoms with Crippen molar-refractivity contribution in [2.75, 3.05) is 46.0 Å². The number of hydrogen-bond donors (Lipinski definition) is 2. The van der Waals surface area contributed by atoms with Gasteiger partial charge >= 0.3 is 6.09 Å². The second kappa shape index (κ2) is 14.7. The highest BCUT2D eigenvalue weighted by Crippen LogP contribution is 2.11. The van der Waals surface area contributed by atoms with Crippen molar-refractivity contribution >= 4 is 12.1 Å². The van der Waals surface area contributed by atoms with Gasteiger partial charge in [-0.2, -0.15) is 0 Å². The van der Waals surface area contributed by atoms with Gasteiger partial charge in [-0.05, 0) is 51.5 Å². The Kier molecular flexibility index (Phi) is 11.7. The molecule has 2 N–H and O–H groups in total. The number of piperidine rings is 1. The Labute approximate surface area is 181 Å². The maximum atomic E-state index is 11.8. The molecule has 1 heterocycles. The third kappa shape index (κ3) is 9.48. The molecule has 1 amide bonds. The van der Waals surface area contributed by atoms with Gasteiger partial charge in [0.05, 0.1) is 13.2 Å². The van der Waals surface area contributed by atoms with Crippen LogP contribution < -0.4 is 10.6 Å². The molecular weight excluding hydrogens is 380 g/mol. The summed E-state index contributed by atoms with van der Waals surface area (Å²) in [6.45, 7) is 8.91. The number of unbranched alkanes of at least 4 members (excludes halogenated alkanes) is 1. The number of hydrogen-bond acceptors (Lipinski definition) is 4. The van der Waals surface area contributed by atoms with Crippen LogP contribution in [0.5, 0.6) is 0 Å². The van der Waals surface area contributed by atoms with Crippen molar-refractivity contribution in [2.24, 2.45) is 4.99 Å². The van der Waals surface area contributed by atoms with Gasteiger partial charge in [-0.25, -0.2) is 4.79 Å². The number of nitrogens with one attached hydrogen (secondary N) is 2. The van der Waals surface area contributed by atoms with E-state index in [1.165, 1.54) is 5.56 Å². The predicted molar refractivity (Wildman–Crippen MR) is 121 cm³/mol. The van der Waals surface area contributed by atoms with Crippen molar-refractivity contribution in [3.63, 3.8) is 0 Å². The number of carbonyl (C=O) groups excluding carboxylic acids is 1. The summed E-state index contributed by atoms with van der Waals surface area (Å²) in [7, 11) is 0. The zero-order valence-corrected chi connectivity index (χ0v) is 18.6. The largest absolute Gasteiger partial charge is 0.450 e. The summed E-state index contributed by atoms with van der Waals surface area (Å²) in [5.74, 6) is 0.858. The Hall–Kier alpha value is -2.28. The van der Waals surface area contributed by atoms with E-state index < -0.39 is 0 Å². The smallest absolute Gasteiger partial charge is 0.409 e. The van der Waals surface area contributed by atoms with Gasteiger partial charge in [0, 0.05) is 38.8 Å².